The Bertz CT molecular complexity index is 1430. The zero-order valence-electron chi connectivity index (χ0n) is 19.7. The molecule has 0 radical (unpaired) electrons. The lowest BCUT2D eigenvalue weighted by molar-refractivity contribution is 0.103. The van der Waals surface area contributed by atoms with Crippen LogP contribution in [0, 0.1) is 6.92 Å². The summed E-state index contributed by atoms with van der Waals surface area (Å²) in [6.07, 6.45) is 1.67. The SMILES string of the molecule is COc1cc2c(cc1Br)C(=O)/C(=C/c1ccc(OC)c(OC)c1)CN2S(=O)(=O)c1ccc(C)cc1. The van der Waals surface area contributed by atoms with Crippen molar-refractivity contribution in [1.82, 2.24) is 0 Å². The highest BCUT2D eigenvalue weighted by atomic mass is 79.9. The minimum atomic E-state index is -3.98. The van der Waals surface area contributed by atoms with Crippen molar-refractivity contribution in [2.45, 2.75) is 11.8 Å². The molecule has 0 spiro atoms. The molecule has 0 unspecified atom stereocenters. The summed E-state index contributed by atoms with van der Waals surface area (Å²) >= 11 is 3.41. The summed E-state index contributed by atoms with van der Waals surface area (Å²) in [5.74, 6) is 1.21. The molecule has 0 saturated heterocycles. The van der Waals surface area contributed by atoms with Gasteiger partial charge in [-0.3, -0.25) is 9.10 Å². The number of fused-ring (bicyclic) bond motifs is 1. The fraction of sp³-hybridized carbons (Fsp3) is 0.192. The van der Waals surface area contributed by atoms with E-state index in [0.717, 1.165) is 5.56 Å². The molecule has 0 aliphatic carbocycles. The summed E-state index contributed by atoms with van der Waals surface area (Å²) in [6, 6.07) is 15.0. The lowest BCUT2D eigenvalue weighted by atomic mass is 9.95. The highest BCUT2D eigenvalue weighted by Gasteiger charge is 2.36. The number of nitrogens with zero attached hydrogens (tertiary/aromatic N) is 1. The monoisotopic (exact) mass is 557 g/mol. The van der Waals surface area contributed by atoms with E-state index < -0.39 is 10.0 Å². The molecule has 3 aromatic rings. The Morgan fingerprint density at radius 1 is 0.886 bits per heavy atom. The number of rotatable bonds is 6. The molecule has 9 heteroatoms. The number of benzene rings is 3. The average Bonchev–Trinajstić information content (AvgIpc) is 2.85. The maximum absolute atomic E-state index is 13.7. The Balaban J connectivity index is 1.88. The van der Waals surface area contributed by atoms with E-state index in [2.05, 4.69) is 15.9 Å². The molecule has 0 aromatic heterocycles. The first kappa shape index (κ1) is 24.8. The van der Waals surface area contributed by atoms with E-state index in [9.17, 15) is 13.2 Å². The molecule has 0 bridgehead atoms. The standard InChI is InChI=1S/C26H24BrNO6S/c1-16-5-8-19(9-6-16)35(30,31)28-15-18(11-17-7-10-23(32-2)25(12-17)34-4)26(29)20-13-21(27)24(33-3)14-22(20)28/h5-14H,15H2,1-4H3/b18-11+. The average molecular weight is 558 g/mol. The molecule has 4 rings (SSSR count). The van der Waals surface area contributed by atoms with Crippen LogP contribution >= 0.6 is 15.9 Å². The third kappa shape index (κ3) is 4.66. The molecule has 182 valence electrons. The third-order valence-electron chi connectivity index (χ3n) is 5.75. The fourth-order valence-electron chi connectivity index (χ4n) is 3.88. The van der Waals surface area contributed by atoms with Crippen LogP contribution in [0.1, 0.15) is 21.5 Å². The first-order valence-corrected chi connectivity index (χ1v) is 12.9. The molecule has 7 nitrogen and oxygen atoms in total. The van der Waals surface area contributed by atoms with Gasteiger partial charge in [0.25, 0.3) is 10.0 Å². The zero-order valence-corrected chi connectivity index (χ0v) is 22.1. The topological polar surface area (TPSA) is 82.1 Å². The Kier molecular flexibility index (Phi) is 6.91. The lowest BCUT2D eigenvalue weighted by Crippen LogP contribution is -2.39. The molecule has 0 N–H and O–H groups in total. The number of hydrogen-bond donors (Lipinski definition) is 0. The van der Waals surface area contributed by atoms with Crippen LogP contribution in [0.4, 0.5) is 5.69 Å². The minimum absolute atomic E-state index is 0.135. The molecular weight excluding hydrogens is 534 g/mol. The Labute approximate surface area is 213 Å². The largest absolute Gasteiger partial charge is 0.495 e. The van der Waals surface area contributed by atoms with E-state index in [1.54, 1.807) is 60.7 Å². The number of ketones is 1. The number of anilines is 1. The van der Waals surface area contributed by atoms with Crippen LogP contribution in [0.3, 0.4) is 0 Å². The Morgan fingerprint density at radius 2 is 1.54 bits per heavy atom. The van der Waals surface area contributed by atoms with E-state index in [4.69, 9.17) is 14.2 Å². The van der Waals surface area contributed by atoms with Crippen molar-refractivity contribution in [3.63, 3.8) is 0 Å². The van der Waals surface area contributed by atoms with Gasteiger partial charge in [-0.2, -0.15) is 0 Å². The molecule has 0 amide bonds. The minimum Gasteiger partial charge on any atom is -0.495 e. The second-order valence-electron chi connectivity index (χ2n) is 7.94. The van der Waals surface area contributed by atoms with Crippen molar-refractivity contribution in [3.8, 4) is 17.2 Å². The quantitative estimate of drug-likeness (QED) is 0.384. The Hall–Kier alpha value is -3.30. The van der Waals surface area contributed by atoms with Gasteiger partial charge in [0.1, 0.15) is 5.75 Å². The van der Waals surface area contributed by atoms with E-state index >= 15 is 0 Å². The predicted octanol–water partition coefficient (Wildman–Crippen LogP) is 5.26. The Morgan fingerprint density at radius 3 is 2.17 bits per heavy atom. The first-order chi connectivity index (χ1) is 16.7. The van der Waals surface area contributed by atoms with Crippen molar-refractivity contribution < 1.29 is 27.4 Å². The second-order valence-corrected chi connectivity index (χ2v) is 10.7. The zero-order chi connectivity index (χ0) is 25.3. The molecule has 3 aromatic carbocycles. The smallest absolute Gasteiger partial charge is 0.264 e. The van der Waals surface area contributed by atoms with Gasteiger partial charge in [0.15, 0.2) is 17.3 Å². The highest BCUT2D eigenvalue weighted by Crippen LogP contribution is 2.40. The molecule has 0 fully saturated rings. The maximum Gasteiger partial charge on any atom is 0.264 e. The second kappa shape index (κ2) is 9.75. The van der Waals surface area contributed by atoms with Gasteiger partial charge in [-0.1, -0.05) is 23.8 Å². The summed E-state index contributed by atoms with van der Waals surface area (Å²) in [5.41, 5.74) is 2.46. The van der Waals surface area contributed by atoms with Gasteiger partial charge in [-0.05, 0) is 64.8 Å². The number of halogens is 1. The molecule has 1 aliphatic rings. The van der Waals surface area contributed by atoms with Gasteiger partial charge < -0.3 is 14.2 Å². The van der Waals surface area contributed by atoms with Gasteiger partial charge in [0, 0.05) is 17.2 Å². The summed E-state index contributed by atoms with van der Waals surface area (Å²) in [7, 11) is 0.572. The van der Waals surface area contributed by atoms with Crippen LogP contribution in [-0.4, -0.2) is 42.1 Å². The van der Waals surface area contributed by atoms with Crippen LogP contribution < -0.4 is 18.5 Å². The van der Waals surface area contributed by atoms with Crippen LogP contribution in [0.2, 0.25) is 0 Å². The third-order valence-corrected chi connectivity index (χ3v) is 8.14. The van der Waals surface area contributed by atoms with Crippen LogP contribution in [0.15, 0.2) is 69.5 Å². The highest BCUT2D eigenvalue weighted by molar-refractivity contribution is 9.10. The van der Waals surface area contributed by atoms with E-state index in [-0.39, 0.29) is 28.5 Å². The number of aryl methyl sites for hydroxylation is 1. The first-order valence-electron chi connectivity index (χ1n) is 10.6. The van der Waals surface area contributed by atoms with Crippen molar-refractivity contribution >= 4 is 43.5 Å². The van der Waals surface area contributed by atoms with Gasteiger partial charge >= 0.3 is 0 Å². The number of Topliss-reactive ketones (excluding diaryl/α,β-unsaturated/α-hetero) is 1. The number of ether oxygens (including phenoxy) is 3. The van der Waals surface area contributed by atoms with E-state index in [1.165, 1.54) is 25.6 Å². The molecule has 35 heavy (non-hydrogen) atoms. The van der Waals surface area contributed by atoms with Crippen molar-refractivity contribution in [2.24, 2.45) is 0 Å². The number of sulfonamides is 1. The maximum atomic E-state index is 13.7. The number of hydrogen-bond acceptors (Lipinski definition) is 6. The lowest BCUT2D eigenvalue weighted by Gasteiger charge is -2.32. The fourth-order valence-corrected chi connectivity index (χ4v) is 5.84. The molecule has 0 atom stereocenters. The van der Waals surface area contributed by atoms with Gasteiger partial charge in [0.05, 0.1) is 42.9 Å². The number of carbonyl (C=O) groups is 1. The summed E-state index contributed by atoms with van der Waals surface area (Å²) < 4.78 is 45.3. The number of methoxy groups -OCH3 is 3. The predicted molar refractivity (Wildman–Crippen MR) is 138 cm³/mol. The van der Waals surface area contributed by atoms with Gasteiger partial charge in [-0.15, -0.1) is 0 Å². The summed E-state index contributed by atoms with van der Waals surface area (Å²) in [5, 5.41) is 0. The van der Waals surface area contributed by atoms with E-state index in [0.29, 0.717) is 32.9 Å². The van der Waals surface area contributed by atoms with Gasteiger partial charge in [0.2, 0.25) is 0 Å². The van der Waals surface area contributed by atoms with Crippen molar-refractivity contribution in [2.75, 3.05) is 32.2 Å². The van der Waals surface area contributed by atoms with Crippen molar-refractivity contribution in [3.05, 3.63) is 81.3 Å². The normalized spacial score (nSPS) is 14.6. The van der Waals surface area contributed by atoms with Crippen LogP contribution in [0.5, 0.6) is 17.2 Å². The summed E-state index contributed by atoms with van der Waals surface area (Å²) in [4.78, 5) is 13.6. The van der Waals surface area contributed by atoms with Crippen LogP contribution in [0.25, 0.3) is 6.08 Å². The molecular formula is C26H24BrNO6S. The molecule has 1 heterocycles. The van der Waals surface area contributed by atoms with E-state index in [1.807, 2.05) is 6.92 Å². The molecule has 1 aliphatic heterocycles. The van der Waals surface area contributed by atoms with Gasteiger partial charge in [-0.25, -0.2) is 8.42 Å². The number of carbonyl (C=O) groups excluding carboxylic acids is 1. The molecule has 0 saturated carbocycles. The van der Waals surface area contributed by atoms with Crippen molar-refractivity contribution in [1.29, 1.82) is 0 Å². The van der Waals surface area contributed by atoms with Crippen LogP contribution in [-0.2, 0) is 10.0 Å². The summed E-state index contributed by atoms with van der Waals surface area (Å²) in [6.45, 7) is 1.75.